The molecule has 1 fully saturated rings. The SMILES string of the molecule is CCOc1ccc(-n2cccc2C2C(c3ccccn3)NC(=S)N2c2ccc(NC(=O)CC)c(OC)c2)cc1. The Morgan fingerprint density at radius 3 is 2.54 bits per heavy atom. The number of anilines is 2. The molecule has 0 radical (unpaired) electrons. The second-order valence-corrected chi connectivity index (χ2v) is 9.40. The normalized spacial score (nSPS) is 16.6. The zero-order valence-corrected chi connectivity index (χ0v) is 22.9. The van der Waals surface area contributed by atoms with Crippen LogP contribution in [0.1, 0.15) is 43.7 Å². The summed E-state index contributed by atoms with van der Waals surface area (Å²) in [5.74, 6) is 1.30. The van der Waals surface area contributed by atoms with E-state index in [1.165, 1.54) is 0 Å². The van der Waals surface area contributed by atoms with E-state index < -0.39 is 0 Å². The number of thiocarbonyl (C=S) groups is 1. The number of methoxy groups -OCH3 is 1. The molecular weight excluding hydrogens is 510 g/mol. The van der Waals surface area contributed by atoms with Crippen molar-refractivity contribution in [2.24, 2.45) is 0 Å². The minimum Gasteiger partial charge on any atom is -0.494 e. The van der Waals surface area contributed by atoms with Crippen molar-refractivity contribution in [2.75, 3.05) is 23.9 Å². The van der Waals surface area contributed by atoms with Gasteiger partial charge in [0, 0.05) is 41.9 Å². The maximum atomic E-state index is 12.1. The molecule has 200 valence electrons. The highest BCUT2D eigenvalue weighted by molar-refractivity contribution is 7.80. The average molecular weight is 542 g/mol. The topological polar surface area (TPSA) is 80.7 Å². The van der Waals surface area contributed by atoms with Crippen LogP contribution in [-0.2, 0) is 4.79 Å². The van der Waals surface area contributed by atoms with E-state index in [2.05, 4.69) is 31.2 Å². The number of aromatic nitrogens is 2. The third-order valence-corrected chi connectivity index (χ3v) is 6.98. The summed E-state index contributed by atoms with van der Waals surface area (Å²) in [5.41, 5.74) is 4.37. The van der Waals surface area contributed by atoms with Gasteiger partial charge in [-0.25, -0.2) is 0 Å². The molecule has 2 aromatic heterocycles. The highest BCUT2D eigenvalue weighted by Crippen LogP contribution is 2.44. The zero-order chi connectivity index (χ0) is 27.4. The monoisotopic (exact) mass is 541 g/mol. The van der Waals surface area contributed by atoms with Crippen molar-refractivity contribution in [3.8, 4) is 17.2 Å². The van der Waals surface area contributed by atoms with Gasteiger partial charge in [-0.2, -0.15) is 0 Å². The van der Waals surface area contributed by atoms with Crippen LogP contribution in [0.3, 0.4) is 0 Å². The van der Waals surface area contributed by atoms with Gasteiger partial charge in [0.15, 0.2) is 5.11 Å². The fourth-order valence-corrected chi connectivity index (χ4v) is 5.19. The molecule has 4 aromatic rings. The summed E-state index contributed by atoms with van der Waals surface area (Å²) in [6, 6.07) is 23.3. The third-order valence-electron chi connectivity index (χ3n) is 6.67. The molecule has 0 aliphatic carbocycles. The number of rotatable bonds is 9. The van der Waals surface area contributed by atoms with Crippen molar-refractivity contribution in [3.05, 3.63) is 96.6 Å². The zero-order valence-electron chi connectivity index (χ0n) is 22.1. The summed E-state index contributed by atoms with van der Waals surface area (Å²) < 4.78 is 13.5. The molecule has 3 heterocycles. The van der Waals surface area contributed by atoms with E-state index in [1.807, 2.05) is 86.8 Å². The van der Waals surface area contributed by atoms with E-state index in [0.717, 1.165) is 28.5 Å². The van der Waals surface area contributed by atoms with Crippen LogP contribution in [0.5, 0.6) is 11.5 Å². The van der Waals surface area contributed by atoms with Gasteiger partial charge in [-0.05, 0) is 79.8 Å². The lowest BCUT2D eigenvalue weighted by atomic mass is 10.0. The molecule has 1 aliphatic rings. The van der Waals surface area contributed by atoms with E-state index in [9.17, 15) is 4.79 Å². The summed E-state index contributed by atoms with van der Waals surface area (Å²) in [4.78, 5) is 18.8. The van der Waals surface area contributed by atoms with Crippen LogP contribution in [0.2, 0.25) is 0 Å². The number of hydrogen-bond donors (Lipinski definition) is 2. The van der Waals surface area contributed by atoms with Crippen LogP contribution in [0.15, 0.2) is 85.2 Å². The smallest absolute Gasteiger partial charge is 0.224 e. The number of hydrogen-bond acceptors (Lipinski definition) is 5. The molecule has 2 N–H and O–H groups in total. The van der Waals surface area contributed by atoms with E-state index >= 15 is 0 Å². The first-order valence-electron chi connectivity index (χ1n) is 12.9. The average Bonchev–Trinajstić information content (AvgIpc) is 3.58. The van der Waals surface area contributed by atoms with Gasteiger partial charge in [-0.15, -0.1) is 0 Å². The van der Waals surface area contributed by atoms with Crippen molar-refractivity contribution in [1.29, 1.82) is 0 Å². The predicted molar refractivity (Wildman–Crippen MR) is 157 cm³/mol. The van der Waals surface area contributed by atoms with E-state index in [4.69, 9.17) is 21.7 Å². The molecule has 0 bridgehead atoms. The van der Waals surface area contributed by atoms with Gasteiger partial charge in [0.1, 0.15) is 17.5 Å². The van der Waals surface area contributed by atoms with Gasteiger partial charge >= 0.3 is 0 Å². The molecule has 2 aromatic carbocycles. The molecular formula is C30H31N5O3S. The van der Waals surface area contributed by atoms with Gasteiger partial charge < -0.3 is 29.6 Å². The second-order valence-electron chi connectivity index (χ2n) is 9.01. The Morgan fingerprint density at radius 1 is 1.05 bits per heavy atom. The Bertz CT molecular complexity index is 1460. The number of nitrogens with zero attached hydrogens (tertiary/aromatic N) is 3. The quantitative estimate of drug-likeness (QED) is 0.259. The Labute approximate surface area is 233 Å². The lowest BCUT2D eigenvalue weighted by molar-refractivity contribution is -0.115. The van der Waals surface area contributed by atoms with Crippen LogP contribution in [-0.4, -0.2) is 34.3 Å². The first kappa shape index (κ1) is 26.2. The summed E-state index contributed by atoms with van der Waals surface area (Å²) in [6.45, 7) is 4.40. The molecule has 2 unspecified atom stereocenters. The number of amides is 1. The Balaban J connectivity index is 1.60. The summed E-state index contributed by atoms with van der Waals surface area (Å²) in [7, 11) is 1.59. The van der Waals surface area contributed by atoms with Crippen LogP contribution in [0.25, 0.3) is 5.69 Å². The van der Waals surface area contributed by atoms with Gasteiger partial charge in [0.25, 0.3) is 0 Å². The van der Waals surface area contributed by atoms with Crippen molar-refractivity contribution < 1.29 is 14.3 Å². The van der Waals surface area contributed by atoms with Gasteiger partial charge in [-0.3, -0.25) is 9.78 Å². The summed E-state index contributed by atoms with van der Waals surface area (Å²) >= 11 is 5.91. The summed E-state index contributed by atoms with van der Waals surface area (Å²) in [5, 5.41) is 6.98. The van der Waals surface area contributed by atoms with Gasteiger partial charge in [-0.1, -0.05) is 13.0 Å². The molecule has 39 heavy (non-hydrogen) atoms. The van der Waals surface area contributed by atoms with Gasteiger partial charge in [0.2, 0.25) is 5.91 Å². The van der Waals surface area contributed by atoms with Crippen LogP contribution < -0.4 is 25.0 Å². The standard InChI is InChI=1S/C30H31N5O3S/c1-4-27(36)32-23-16-13-21(19-26(23)37-3)35-29(28(33-30(35)39)24-9-6-7-17-31-24)25-10-8-18-34(25)20-11-14-22(15-12-20)38-5-2/h6-19,28-29H,4-5H2,1-3H3,(H,32,36)(H,33,39). The predicted octanol–water partition coefficient (Wildman–Crippen LogP) is 5.81. The highest BCUT2D eigenvalue weighted by Gasteiger charge is 2.42. The fraction of sp³-hybridized carbons (Fsp3) is 0.233. The molecule has 1 aliphatic heterocycles. The number of pyridine rings is 1. The molecule has 2 atom stereocenters. The van der Waals surface area contributed by atoms with Crippen LogP contribution in [0, 0.1) is 0 Å². The Kier molecular flexibility index (Phi) is 7.79. The lowest BCUT2D eigenvalue weighted by Gasteiger charge is -2.29. The van der Waals surface area contributed by atoms with Crippen molar-refractivity contribution in [1.82, 2.24) is 14.9 Å². The van der Waals surface area contributed by atoms with E-state index in [0.29, 0.717) is 29.6 Å². The molecule has 1 amide bonds. The van der Waals surface area contributed by atoms with Crippen molar-refractivity contribution in [2.45, 2.75) is 32.4 Å². The molecule has 0 spiro atoms. The first-order valence-corrected chi connectivity index (χ1v) is 13.3. The molecule has 0 saturated carbocycles. The Hall–Kier alpha value is -4.37. The van der Waals surface area contributed by atoms with Gasteiger partial charge in [0.05, 0.1) is 31.1 Å². The number of carbonyl (C=O) groups excluding carboxylic acids is 1. The summed E-state index contributed by atoms with van der Waals surface area (Å²) in [6.07, 6.45) is 4.21. The Morgan fingerprint density at radius 2 is 1.85 bits per heavy atom. The lowest BCUT2D eigenvalue weighted by Crippen LogP contribution is -2.30. The molecule has 9 heteroatoms. The van der Waals surface area contributed by atoms with Crippen molar-refractivity contribution in [3.63, 3.8) is 0 Å². The fourth-order valence-electron chi connectivity index (χ4n) is 4.84. The maximum absolute atomic E-state index is 12.1. The molecule has 1 saturated heterocycles. The largest absolute Gasteiger partial charge is 0.494 e. The second kappa shape index (κ2) is 11.6. The van der Waals surface area contributed by atoms with E-state index in [-0.39, 0.29) is 18.0 Å². The molecule has 5 rings (SSSR count). The number of carbonyl (C=O) groups is 1. The minimum atomic E-state index is -0.227. The number of nitrogens with one attached hydrogen (secondary N) is 2. The molecule has 8 nitrogen and oxygen atoms in total. The third kappa shape index (κ3) is 5.31. The maximum Gasteiger partial charge on any atom is 0.224 e. The minimum absolute atomic E-state index is 0.0827. The first-order chi connectivity index (χ1) is 19.0. The van der Waals surface area contributed by atoms with Crippen LogP contribution >= 0.6 is 12.2 Å². The highest BCUT2D eigenvalue weighted by atomic mass is 32.1. The van der Waals surface area contributed by atoms with Crippen molar-refractivity contribution >= 4 is 34.6 Å². The number of benzene rings is 2. The van der Waals surface area contributed by atoms with E-state index in [1.54, 1.807) is 13.3 Å². The number of ether oxygens (including phenoxy) is 2. The van der Waals surface area contributed by atoms with Crippen LogP contribution in [0.4, 0.5) is 11.4 Å².